The number of aliphatic hydroxyl groups excluding tert-OH is 1. The molecule has 0 spiro atoms. The average molecular weight is 191 g/mol. The first-order valence-corrected chi connectivity index (χ1v) is 5.10. The molecule has 0 aliphatic heterocycles. The van der Waals surface area contributed by atoms with Crippen molar-refractivity contribution < 1.29 is 9.90 Å². The first-order valence-electron chi connectivity index (χ1n) is 4.15. The van der Waals surface area contributed by atoms with E-state index in [0.29, 0.717) is 6.54 Å². The molecule has 0 heterocycles. The van der Waals surface area contributed by atoms with E-state index in [1.54, 1.807) is 0 Å². The van der Waals surface area contributed by atoms with Gasteiger partial charge in [0.25, 0.3) is 0 Å². The monoisotopic (exact) mass is 191 g/mol. The summed E-state index contributed by atoms with van der Waals surface area (Å²) in [5.41, 5.74) is 0. The highest BCUT2D eigenvalue weighted by Crippen LogP contribution is 2.16. The van der Waals surface area contributed by atoms with Gasteiger partial charge in [-0.05, 0) is 13.8 Å². The van der Waals surface area contributed by atoms with E-state index in [9.17, 15) is 4.79 Å². The smallest absolute Gasteiger partial charge is 0.232 e. The molecule has 0 bridgehead atoms. The minimum absolute atomic E-state index is 0.0443. The summed E-state index contributed by atoms with van der Waals surface area (Å²) in [6, 6.07) is 0. The highest BCUT2D eigenvalue weighted by molar-refractivity contribution is 8.01. The van der Waals surface area contributed by atoms with Crippen molar-refractivity contribution >= 4 is 17.7 Å². The minimum Gasteiger partial charge on any atom is -0.395 e. The van der Waals surface area contributed by atoms with Crippen molar-refractivity contribution in [3.63, 3.8) is 0 Å². The molecule has 12 heavy (non-hydrogen) atoms. The molecule has 4 heteroatoms. The maximum atomic E-state index is 11.2. The van der Waals surface area contributed by atoms with Crippen LogP contribution in [0.5, 0.6) is 0 Å². The van der Waals surface area contributed by atoms with E-state index in [2.05, 4.69) is 5.32 Å². The van der Waals surface area contributed by atoms with E-state index in [1.807, 2.05) is 20.8 Å². The quantitative estimate of drug-likeness (QED) is 0.670. The second-order valence-corrected chi connectivity index (χ2v) is 4.45. The van der Waals surface area contributed by atoms with E-state index >= 15 is 0 Å². The zero-order valence-corrected chi connectivity index (χ0v) is 8.65. The fraction of sp³-hybridized carbons (Fsp3) is 0.875. The Bertz CT molecular complexity index is 141. The molecule has 72 valence electrons. The van der Waals surface area contributed by atoms with Gasteiger partial charge in [0.1, 0.15) is 0 Å². The highest BCUT2D eigenvalue weighted by atomic mass is 32.2. The average Bonchev–Trinajstić information content (AvgIpc) is 2.04. The Morgan fingerprint density at radius 2 is 2.17 bits per heavy atom. The normalized spacial score (nSPS) is 15.3. The number of amides is 1. The largest absolute Gasteiger partial charge is 0.395 e. The van der Waals surface area contributed by atoms with Gasteiger partial charge in [-0.2, -0.15) is 0 Å². The molecule has 0 rings (SSSR count). The molecule has 0 fully saturated rings. The number of thioether (sulfide) groups is 1. The van der Waals surface area contributed by atoms with Gasteiger partial charge in [0, 0.05) is 11.8 Å². The SMILES string of the molecule is CCNC(=O)C(C)SC(C)CO. The zero-order chi connectivity index (χ0) is 9.56. The Morgan fingerprint density at radius 3 is 2.58 bits per heavy atom. The molecule has 0 aromatic carbocycles. The van der Waals surface area contributed by atoms with Crippen molar-refractivity contribution in [1.82, 2.24) is 5.32 Å². The van der Waals surface area contributed by atoms with Crippen LogP contribution in [0.4, 0.5) is 0 Å². The van der Waals surface area contributed by atoms with Crippen LogP contribution in [0.3, 0.4) is 0 Å². The summed E-state index contributed by atoms with van der Waals surface area (Å²) >= 11 is 1.49. The van der Waals surface area contributed by atoms with Gasteiger partial charge < -0.3 is 10.4 Å². The van der Waals surface area contributed by atoms with Gasteiger partial charge in [0.2, 0.25) is 5.91 Å². The van der Waals surface area contributed by atoms with Gasteiger partial charge >= 0.3 is 0 Å². The number of hydrogen-bond donors (Lipinski definition) is 2. The summed E-state index contributed by atoms with van der Waals surface area (Å²) < 4.78 is 0. The first-order chi connectivity index (χ1) is 5.61. The number of rotatable bonds is 5. The van der Waals surface area contributed by atoms with Crippen LogP contribution in [0.1, 0.15) is 20.8 Å². The highest BCUT2D eigenvalue weighted by Gasteiger charge is 2.14. The van der Waals surface area contributed by atoms with Crippen LogP contribution in [-0.2, 0) is 4.79 Å². The Morgan fingerprint density at radius 1 is 1.58 bits per heavy atom. The number of aliphatic hydroxyl groups is 1. The molecule has 1 amide bonds. The lowest BCUT2D eigenvalue weighted by atomic mass is 10.4. The van der Waals surface area contributed by atoms with E-state index in [1.165, 1.54) is 11.8 Å². The molecular weight excluding hydrogens is 174 g/mol. The first kappa shape index (κ1) is 11.8. The Labute approximate surface area is 77.9 Å². The third-order valence-corrected chi connectivity index (χ3v) is 2.65. The third-order valence-electron chi connectivity index (χ3n) is 1.41. The third kappa shape index (κ3) is 4.62. The van der Waals surface area contributed by atoms with Crippen LogP contribution in [0.2, 0.25) is 0 Å². The van der Waals surface area contributed by atoms with Crippen molar-refractivity contribution in [2.24, 2.45) is 0 Å². The predicted octanol–water partition coefficient (Wildman–Crippen LogP) is 0.625. The second kappa shape index (κ2) is 6.31. The fourth-order valence-corrected chi connectivity index (χ4v) is 1.76. The van der Waals surface area contributed by atoms with Crippen molar-refractivity contribution in [3.05, 3.63) is 0 Å². The summed E-state index contributed by atoms with van der Waals surface area (Å²) in [5.74, 6) is 0.0443. The molecule has 2 N–H and O–H groups in total. The number of carbonyl (C=O) groups is 1. The molecule has 0 saturated carbocycles. The van der Waals surface area contributed by atoms with Crippen LogP contribution < -0.4 is 5.32 Å². The molecule has 0 radical (unpaired) electrons. The van der Waals surface area contributed by atoms with Crippen LogP contribution in [0.15, 0.2) is 0 Å². The molecule has 0 aromatic heterocycles. The van der Waals surface area contributed by atoms with Crippen molar-refractivity contribution in [2.75, 3.05) is 13.2 Å². The Kier molecular flexibility index (Phi) is 6.20. The van der Waals surface area contributed by atoms with Gasteiger partial charge in [-0.3, -0.25) is 4.79 Å². The topological polar surface area (TPSA) is 49.3 Å². The summed E-state index contributed by atoms with van der Waals surface area (Å²) in [7, 11) is 0. The van der Waals surface area contributed by atoms with Crippen molar-refractivity contribution in [3.8, 4) is 0 Å². The van der Waals surface area contributed by atoms with Crippen LogP contribution >= 0.6 is 11.8 Å². The standard InChI is InChI=1S/C8H17NO2S/c1-4-9-8(11)7(3)12-6(2)5-10/h6-7,10H,4-5H2,1-3H3,(H,9,11). The Hall–Kier alpha value is -0.220. The van der Waals surface area contributed by atoms with E-state index < -0.39 is 0 Å². The van der Waals surface area contributed by atoms with Gasteiger partial charge in [-0.25, -0.2) is 0 Å². The molecular formula is C8H17NO2S. The van der Waals surface area contributed by atoms with Crippen molar-refractivity contribution in [1.29, 1.82) is 0 Å². The van der Waals surface area contributed by atoms with Gasteiger partial charge in [0.15, 0.2) is 0 Å². The van der Waals surface area contributed by atoms with Crippen LogP contribution in [-0.4, -0.2) is 34.7 Å². The van der Waals surface area contributed by atoms with Crippen LogP contribution in [0, 0.1) is 0 Å². The maximum absolute atomic E-state index is 11.2. The fourth-order valence-electron chi connectivity index (χ4n) is 0.771. The second-order valence-electron chi connectivity index (χ2n) is 2.67. The lowest BCUT2D eigenvalue weighted by Gasteiger charge is -2.14. The lowest BCUT2D eigenvalue weighted by Crippen LogP contribution is -2.31. The van der Waals surface area contributed by atoms with Crippen molar-refractivity contribution in [2.45, 2.75) is 31.3 Å². The van der Waals surface area contributed by atoms with Gasteiger partial charge in [-0.1, -0.05) is 6.92 Å². The zero-order valence-electron chi connectivity index (χ0n) is 7.83. The summed E-state index contributed by atoms with van der Waals surface area (Å²) in [6.45, 7) is 6.43. The maximum Gasteiger partial charge on any atom is 0.232 e. The molecule has 2 unspecified atom stereocenters. The predicted molar refractivity (Wildman–Crippen MR) is 52.3 cm³/mol. The molecule has 0 aromatic rings. The van der Waals surface area contributed by atoms with E-state index in [4.69, 9.17) is 5.11 Å². The number of carbonyl (C=O) groups excluding carboxylic acids is 1. The summed E-state index contributed by atoms with van der Waals surface area (Å²) in [5, 5.41) is 11.5. The number of hydrogen-bond acceptors (Lipinski definition) is 3. The van der Waals surface area contributed by atoms with Gasteiger partial charge in [-0.15, -0.1) is 11.8 Å². The molecule has 2 atom stereocenters. The minimum atomic E-state index is -0.0768. The lowest BCUT2D eigenvalue weighted by molar-refractivity contribution is -0.120. The molecule has 0 aliphatic carbocycles. The molecule has 0 aliphatic rings. The van der Waals surface area contributed by atoms with Gasteiger partial charge in [0.05, 0.1) is 11.9 Å². The number of nitrogens with one attached hydrogen (secondary N) is 1. The van der Waals surface area contributed by atoms with E-state index in [0.717, 1.165) is 0 Å². The molecule has 0 saturated heterocycles. The summed E-state index contributed by atoms with van der Waals surface area (Å²) in [6.07, 6.45) is 0. The summed E-state index contributed by atoms with van der Waals surface area (Å²) in [4.78, 5) is 11.2. The Balaban J connectivity index is 3.70. The molecule has 3 nitrogen and oxygen atoms in total. The van der Waals surface area contributed by atoms with Crippen LogP contribution in [0.25, 0.3) is 0 Å². The van der Waals surface area contributed by atoms with E-state index in [-0.39, 0.29) is 23.0 Å².